The second-order valence-electron chi connectivity index (χ2n) is 6.63. The number of hydrogen-bond acceptors (Lipinski definition) is 4. The van der Waals surface area contributed by atoms with E-state index in [0.29, 0.717) is 25.7 Å². The van der Waals surface area contributed by atoms with Crippen LogP contribution in [0, 0.1) is 11.8 Å². The Morgan fingerprint density at radius 3 is 2.85 bits per heavy atom. The molecule has 0 bridgehead atoms. The molecule has 0 unspecified atom stereocenters. The Morgan fingerprint density at radius 2 is 2.12 bits per heavy atom. The molecule has 1 saturated heterocycles. The van der Waals surface area contributed by atoms with Crippen LogP contribution in [0.3, 0.4) is 0 Å². The fourth-order valence-corrected chi connectivity index (χ4v) is 3.04. The van der Waals surface area contributed by atoms with Gasteiger partial charge < -0.3 is 14.7 Å². The Morgan fingerprint density at radius 1 is 1.35 bits per heavy atom. The Hall–Kier alpha value is -1.80. The number of aliphatic hydroxyl groups is 1. The number of carbonyl (C=O) groups excluding carboxylic acids is 2. The zero-order valence-electron chi connectivity index (χ0n) is 16.2. The van der Waals surface area contributed by atoms with Crippen LogP contribution in [0.25, 0.3) is 0 Å². The number of rotatable bonds is 11. The third kappa shape index (κ3) is 9.05. The Balaban J connectivity index is 2.29. The maximum Gasteiger partial charge on any atom is 0.305 e. The highest BCUT2D eigenvalue weighted by Crippen LogP contribution is 2.21. The minimum Gasteiger partial charge on any atom is -0.469 e. The van der Waals surface area contributed by atoms with Crippen molar-refractivity contribution in [1.82, 2.24) is 4.90 Å². The molecule has 5 nitrogen and oxygen atoms in total. The van der Waals surface area contributed by atoms with Gasteiger partial charge in [-0.15, -0.1) is 11.8 Å². The van der Waals surface area contributed by atoms with Gasteiger partial charge in [-0.1, -0.05) is 31.9 Å². The minimum atomic E-state index is -0.503. The Labute approximate surface area is 157 Å². The van der Waals surface area contributed by atoms with Gasteiger partial charge >= 0.3 is 5.97 Å². The van der Waals surface area contributed by atoms with Gasteiger partial charge in [-0.3, -0.25) is 9.59 Å². The molecule has 5 heteroatoms. The second kappa shape index (κ2) is 13.4. The predicted molar refractivity (Wildman–Crippen MR) is 102 cm³/mol. The average molecular weight is 363 g/mol. The molecule has 1 aliphatic heterocycles. The summed E-state index contributed by atoms with van der Waals surface area (Å²) in [7, 11) is 1.41. The lowest BCUT2D eigenvalue weighted by Crippen LogP contribution is -2.32. The highest BCUT2D eigenvalue weighted by molar-refractivity contribution is 5.79. The lowest BCUT2D eigenvalue weighted by atomic mass is 10.1. The number of ether oxygens (including phenoxy) is 1. The molecule has 1 aliphatic rings. The monoisotopic (exact) mass is 363 g/mol. The first-order chi connectivity index (χ1) is 12.6. The topological polar surface area (TPSA) is 66.8 Å². The molecule has 1 heterocycles. The van der Waals surface area contributed by atoms with Crippen molar-refractivity contribution in [3.05, 3.63) is 12.2 Å². The molecule has 146 valence electrons. The predicted octanol–water partition coefficient (Wildman–Crippen LogP) is 3.21. The van der Waals surface area contributed by atoms with E-state index in [1.807, 2.05) is 17.9 Å². The quantitative estimate of drug-likeness (QED) is 0.265. The summed E-state index contributed by atoms with van der Waals surface area (Å²) in [5.41, 5.74) is 0. The first kappa shape index (κ1) is 22.2. The summed E-state index contributed by atoms with van der Waals surface area (Å²) in [4.78, 5) is 25.0. The zero-order chi connectivity index (χ0) is 19.2. The summed E-state index contributed by atoms with van der Waals surface area (Å²) in [5, 5.41) is 10.0. The molecule has 1 N–H and O–H groups in total. The van der Waals surface area contributed by atoms with Crippen LogP contribution >= 0.6 is 0 Å². The van der Waals surface area contributed by atoms with Gasteiger partial charge in [0, 0.05) is 32.2 Å². The van der Waals surface area contributed by atoms with E-state index in [9.17, 15) is 14.7 Å². The van der Waals surface area contributed by atoms with E-state index in [1.54, 1.807) is 6.08 Å². The molecule has 26 heavy (non-hydrogen) atoms. The maximum atomic E-state index is 12.1. The molecule has 2 atom stereocenters. The smallest absolute Gasteiger partial charge is 0.305 e. The number of carbonyl (C=O) groups is 2. The largest absolute Gasteiger partial charge is 0.469 e. The SMILES string of the molecule is CCC#CCC[C@H](O)C=C[C@H]1CCC(=O)N1CCCCCCC(=O)OC. The number of aliphatic hydroxyl groups excluding tert-OH is 1. The molecule has 0 spiro atoms. The van der Waals surface area contributed by atoms with Gasteiger partial charge in [-0.25, -0.2) is 0 Å². The number of nitrogens with zero attached hydrogens (tertiary/aromatic N) is 1. The van der Waals surface area contributed by atoms with Gasteiger partial charge in [0.2, 0.25) is 5.91 Å². The van der Waals surface area contributed by atoms with E-state index in [-0.39, 0.29) is 17.9 Å². The van der Waals surface area contributed by atoms with Gasteiger partial charge in [0.05, 0.1) is 19.3 Å². The van der Waals surface area contributed by atoms with Gasteiger partial charge in [-0.2, -0.15) is 0 Å². The first-order valence-electron chi connectivity index (χ1n) is 9.76. The molecule has 1 fully saturated rings. The number of unbranched alkanes of at least 4 members (excludes halogenated alkanes) is 3. The van der Waals surface area contributed by atoms with E-state index in [1.165, 1.54) is 7.11 Å². The summed E-state index contributed by atoms with van der Waals surface area (Å²) in [6, 6.07) is 0.0916. The Kier molecular flexibility index (Phi) is 11.5. The van der Waals surface area contributed by atoms with Crippen LogP contribution in [0.1, 0.15) is 71.1 Å². The van der Waals surface area contributed by atoms with Crippen molar-refractivity contribution in [2.45, 2.75) is 83.3 Å². The summed E-state index contributed by atoms with van der Waals surface area (Å²) in [5.74, 6) is 6.05. The molecule has 0 radical (unpaired) electrons. The molecule has 0 saturated carbocycles. The van der Waals surface area contributed by atoms with Crippen molar-refractivity contribution in [2.24, 2.45) is 0 Å². The van der Waals surface area contributed by atoms with E-state index >= 15 is 0 Å². The lowest BCUT2D eigenvalue weighted by molar-refractivity contribution is -0.140. The summed E-state index contributed by atoms with van der Waals surface area (Å²) >= 11 is 0. The Bertz CT molecular complexity index is 518. The maximum absolute atomic E-state index is 12.1. The third-order valence-electron chi connectivity index (χ3n) is 4.55. The van der Waals surface area contributed by atoms with E-state index in [4.69, 9.17) is 0 Å². The van der Waals surface area contributed by atoms with Crippen LogP contribution in [-0.2, 0) is 14.3 Å². The summed E-state index contributed by atoms with van der Waals surface area (Å²) < 4.78 is 4.62. The lowest BCUT2D eigenvalue weighted by Gasteiger charge is -2.22. The van der Waals surface area contributed by atoms with Crippen LogP contribution in [0.5, 0.6) is 0 Å². The highest BCUT2D eigenvalue weighted by Gasteiger charge is 2.28. The molecule has 1 rings (SSSR count). The van der Waals surface area contributed by atoms with Crippen LogP contribution in [0.4, 0.5) is 0 Å². The molecular formula is C21H33NO4. The normalized spacial score (nSPS) is 18.0. The first-order valence-corrected chi connectivity index (χ1v) is 9.76. The van der Waals surface area contributed by atoms with Crippen molar-refractivity contribution in [3.8, 4) is 11.8 Å². The molecular weight excluding hydrogens is 330 g/mol. The number of esters is 1. The standard InChI is InChI=1S/C21H33NO4/c1-3-4-5-8-11-19(23)15-13-18-14-16-20(24)22(18)17-10-7-6-9-12-21(25)26-2/h13,15,18-19,23H,3,6-12,14,16-17H2,1-2H3/t18-,19-/m0/s1. The van der Waals surface area contributed by atoms with Crippen molar-refractivity contribution in [1.29, 1.82) is 0 Å². The van der Waals surface area contributed by atoms with Crippen molar-refractivity contribution < 1.29 is 19.4 Å². The number of amides is 1. The number of hydrogen-bond donors (Lipinski definition) is 1. The van der Waals surface area contributed by atoms with Gasteiger partial charge in [0.15, 0.2) is 0 Å². The molecule has 0 aliphatic carbocycles. The summed E-state index contributed by atoms with van der Waals surface area (Å²) in [6.07, 6.45) is 11.0. The fraction of sp³-hybridized carbons (Fsp3) is 0.714. The molecule has 1 amide bonds. The van der Waals surface area contributed by atoms with E-state index < -0.39 is 6.10 Å². The van der Waals surface area contributed by atoms with E-state index in [0.717, 1.165) is 45.1 Å². The summed E-state index contributed by atoms with van der Waals surface area (Å²) in [6.45, 7) is 2.75. The average Bonchev–Trinajstić information content (AvgIpc) is 2.99. The molecule has 0 aromatic rings. The van der Waals surface area contributed by atoms with Crippen molar-refractivity contribution >= 4 is 11.9 Å². The van der Waals surface area contributed by atoms with Crippen LogP contribution < -0.4 is 0 Å². The fourth-order valence-electron chi connectivity index (χ4n) is 3.04. The molecule has 0 aromatic carbocycles. The van der Waals surface area contributed by atoms with Crippen LogP contribution in [0.2, 0.25) is 0 Å². The van der Waals surface area contributed by atoms with Gasteiger partial charge in [-0.05, 0) is 25.7 Å². The number of likely N-dealkylation sites (tertiary alicyclic amines) is 1. The zero-order valence-corrected chi connectivity index (χ0v) is 16.2. The van der Waals surface area contributed by atoms with Crippen LogP contribution in [0.15, 0.2) is 12.2 Å². The van der Waals surface area contributed by atoms with Crippen LogP contribution in [-0.4, -0.2) is 47.7 Å². The second-order valence-corrected chi connectivity index (χ2v) is 6.63. The minimum absolute atomic E-state index is 0.0916. The van der Waals surface area contributed by atoms with Crippen molar-refractivity contribution in [2.75, 3.05) is 13.7 Å². The highest BCUT2D eigenvalue weighted by atomic mass is 16.5. The van der Waals surface area contributed by atoms with Gasteiger partial charge in [0.25, 0.3) is 0 Å². The van der Waals surface area contributed by atoms with Crippen molar-refractivity contribution in [3.63, 3.8) is 0 Å². The third-order valence-corrected chi connectivity index (χ3v) is 4.55. The number of methoxy groups -OCH3 is 1. The molecule has 0 aromatic heterocycles. The van der Waals surface area contributed by atoms with Gasteiger partial charge in [0.1, 0.15) is 0 Å². The van der Waals surface area contributed by atoms with E-state index in [2.05, 4.69) is 16.6 Å².